The minimum absolute atomic E-state index is 0.537. The van der Waals surface area contributed by atoms with Crippen LogP contribution in [-0.4, -0.2) is 65.2 Å². The van der Waals surface area contributed by atoms with Crippen LogP contribution in [0.5, 0.6) is 11.8 Å². The molecule has 0 saturated carbocycles. The van der Waals surface area contributed by atoms with E-state index in [1.54, 1.807) is 20.3 Å². The average Bonchev–Trinajstić information content (AvgIpc) is 3.19. The Morgan fingerprint density at radius 1 is 0.926 bits per heavy atom. The molecule has 0 atom stereocenters. The van der Waals surface area contributed by atoms with Crippen LogP contribution in [0.1, 0.15) is 11.4 Å². The first kappa shape index (κ1) is 17.8. The molecule has 4 rings (SSSR count). The van der Waals surface area contributed by atoms with Crippen LogP contribution in [0, 0.1) is 0 Å². The number of nitrogens with zero attached hydrogens (tertiary/aromatic N) is 4. The molecule has 3 aromatic rings. The lowest BCUT2D eigenvalue weighted by atomic mass is 10.1. The van der Waals surface area contributed by atoms with E-state index in [0.29, 0.717) is 18.3 Å². The van der Waals surface area contributed by atoms with E-state index in [1.807, 2.05) is 6.20 Å². The fraction of sp³-hybridized carbons (Fsp3) is 0.400. The largest absolute Gasteiger partial charge is 0.481 e. The highest BCUT2D eigenvalue weighted by Crippen LogP contribution is 2.20. The van der Waals surface area contributed by atoms with Gasteiger partial charge in [-0.25, -0.2) is 0 Å². The van der Waals surface area contributed by atoms with E-state index in [0.717, 1.165) is 38.5 Å². The molecule has 3 heterocycles. The van der Waals surface area contributed by atoms with Crippen molar-refractivity contribution in [3.05, 3.63) is 47.9 Å². The van der Waals surface area contributed by atoms with E-state index in [2.05, 4.69) is 49.0 Å². The SMILES string of the molecule is COc1cc(OC)nc(CN2CCN(Cc3cccc4[nH]ccc34)CC2)n1. The zero-order chi connectivity index (χ0) is 18.6. The first-order valence-corrected chi connectivity index (χ1v) is 9.21. The summed E-state index contributed by atoms with van der Waals surface area (Å²) < 4.78 is 10.5. The van der Waals surface area contributed by atoms with E-state index in [9.17, 15) is 0 Å². The van der Waals surface area contributed by atoms with Gasteiger partial charge in [-0.3, -0.25) is 9.80 Å². The van der Waals surface area contributed by atoms with Gasteiger partial charge in [0.1, 0.15) is 5.82 Å². The van der Waals surface area contributed by atoms with Gasteiger partial charge in [-0.1, -0.05) is 12.1 Å². The number of hydrogen-bond donors (Lipinski definition) is 1. The van der Waals surface area contributed by atoms with Crippen LogP contribution in [0.15, 0.2) is 36.5 Å². The van der Waals surface area contributed by atoms with Gasteiger partial charge >= 0.3 is 0 Å². The van der Waals surface area contributed by atoms with E-state index in [1.165, 1.54) is 16.5 Å². The highest BCUT2D eigenvalue weighted by molar-refractivity contribution is 5.82. The first-order chi connectivity index (χ1) is 13.2. The Morgan fingerprint density at radius 2 is 1.59 bits per heavy atom. The molecular weight excluding hydrogens is 342 g/mol. The van der Waals surface area contributed by atoms with E-state index >= 15 is 0 Å². The minimum atomic E-state index is 0.537. The molecule has 0 radical (unpaired) electrons. The van der Waals surface area contributed by atoms with Gasteiger partial charge in [-0.2, -0.15) is 9.97 Å². The van der Waals surface area contributed by atoms with Crippen molar-refractivity contribution >= 4 is 10.9 Å². The minimum Gasteiger partial charge on any atom is -0.481 e. The number of rotatable bonds is 6. The van der Waals surface area contributed by atoms with Crippen LogP contribution >= 0.6 is 0 Å². The van der Waals surface area contributed by atoms with Crippen molar-refractivity contribution in [2.75, 3.05) is 40.4 Å². The molecule has 1 saturated heterocycles. The Balaban J connectivity index is 1.36. The summed E-state index contributed by atoms with van der Waals surface area (Å²) in [6, 6.07) is 10.3. The van der Waals surface area contributed by atoms with Crippen LogP contribution in [0.2, 0.25) is 0 Å². The van der Waals surface area contributed by atoms with Crippen molar-refractivity contribution in [2.24, 2.45) is 0 Å². The van der Waals surface area contributed by atoms with Crippen molar-refractivity contribution in [1.29, 1.82) is 0 Å². The maximum absolute atomic E-state index is 5.24. The van der Waals surface area contributed by atoms with Crippen molar-refractivity contribution in [1.82, 2.24) is 24.8 Å². The molecule has 1 aliphatic heterocycles. The Labute approximate surface area is 158 Å². The van der Waals surface area contributed by atoms with Crippen LogP contribution in [0.4, 0.5) is 0 Å². The van der Waals surface area contributed by atoms with Crippen molar-refractivity contribution in [3.8, 4) is 11.8 Å². The number of aromatic amines is 1. The third-order valence-electron chi connectivity index (χ3n) is 5.05. The van der Waals surface area contributed by atoms with Crippen LogP contribution < -0.4 is 9.47 Å². The summed E-state index contributed by atoms with van der Waals surface area (Å²) in [6.45, 7) is 5.73. The molecule has 1 fully saturated rings. The predicted molar refractivity (Wildman–Crippen MR) is 104 cm³/mol. The van der Waals surface area contributed by atoms with Gasteiger partial charge in [-0.15, -0.1) is 0 Å². The standard InChI is InChI=1S/C20H25N5O2/c1-26-19-12-20(27-2)23-18(22-19)14-25-10-8-24(9-11-25)13-15-4-3-5-17-16(15)6-7-21-17/h3-7,12,21H,8-11,13-14H2,1-2H3. The van der Waals surface area contributed by atoms with Gasteiger partial charge in [0.15, 0.2) is 0 Å². The van der Waals surface area contributed by atoms with Gasteiger partial charge in [-0.05, 0) is 17.7 Å². The fourth-order valence-corrected chi connectivity index (χ4v) is 3.56. The molecule has 2 aromatic heterocycles. The smallest absolute Gasteiger partial charge is 0.220 e. The van der Waals surface area contributed by atoms with Crippen LogP contribution in [0.25, 0.3) is 10.9 Å². The zero-order valence-corrected chi connectivity index (χ0v) is 15.8. The lowest BCUT2D eigenvalue weighted by molar-refractivity contribution is 0.119. The first-order valence-electron chi connectivity index (χ1n) is 9.21. The normalized spacial score (nSPS) is 15.9. The van der Waals surface area contributed by atoms with Gasteiger partial charge in [0.2, 0.25) is 11.8 Å². The summed E-state index contributed by atoms with van der Waals surface area (Å²) in [5.74, 6) is 1.81. The van der Waals surface area contributed by atoms with E-state index in [4.69, 9.17) is 9.47 Å². The number of piperazine rings is 1. The van der Waals surface area contributed by atoms with Crippen molar-refractivity contribution in [2.45, 2.75) is 13.1 Å². The number of hydrogen-bond acceptors (Lipinski definition) is 6. The van der Waals surface area contributed by atoms with Gasteiger partial charge in [0.25, 0.3) is 0 Å². The van der Waals surface area contributed by atoms with E-state index in [-0.39, 0.29) is 0 Å². The fourth-order valence-electron chi connectivity index (χ4n) is 3.56. The molecule has 1 N–H and O–H groups in total. The number of aromatic nitrogens is 3. The molecule has 0 bridgehead atoms. The lowest BCUT2D eigenvalue weighted by Crippen LogP contribution is -2.45. The molecule has 142 valence electrons. The zero-order valence-electron chi connectivity index (χ0n) is 15.8. The second kappa shape index (κ2) is 7.94. The number of benzene rings is 1. The maximum atomic E-state index is 5.24. The van der Waals surface area contributed by atoms with E-state index < -0.39 is 0 Å². The quantitative estimate of drug-likeness (QED) is 0.721. The summed E-state index contributed by atoms with van der Waals surface area (Å²) in [5, 5.41) is 1.32. The highest BCUT2D eigenvalue weighted by atomic mass is 16.5. The maximum Gasteiger partial charge on any atom is 0.220 e. The molecule has 0 aliphatic carbocycles. The third kappa shape index (κ3) is 4.04. The number of fused-ring (bicyclic) bond motifs is 1. The number of H-pyrrole nitrogens is 1. The van der Waals surface area contributed by atoms with Crippen molar-refractivity contribution in [3.63, 3.8) is 0 Å². The number of ether oxygens (including phenoxy) is 2. The Morgan fingerprint density at radius 3 is 2.26 bits per heavy atom. The summed E-state index contributed by atoms with van der Waals surface area (Å²) >= 11 is 0. The molecule has 7 heteroatoms. The summed E-state index contributed by atoms with van der Waals surface area (Å²) in [4.78, 5) is 17.0. The molecule has 1 aromatic carbocycles. The summed E-state index contributed by atoms with van der Waals surface area (Å²) in [5.41, 5.74) is 2.58. The number of methoxy groups -OCH3 is 2. The molecule has 7 nitrogen and oxygen atoms in total. The van der Waals surface area contributed by atoms with Gasteiger partial charge in [0, 0.05) is 49.8 Å². The topological polar surface area (TPSA) is 66.5 Å². The van der Waals surface area contributed by atoms with Gasteiger partial charge < -0.3 is 14.5 Å². The second-order valence-corrected chi connectivity index (χ2v) is 6.78. The predicted octanol–water partition coefficient (Wildman–Crippen LogP) is 2.29. The summed E-state index contributed by atoms with van der Waals surface area (Å²) in [6.07, 6.45) is 2.01. The Hall–Kier alpha value is -2.64. The second-order valence-electron chi connectivity index (χ2n) is 6.78. The third-order valence-corrected chi connectivity index (χ3v) is 5.05. The lowest BCUT2D eigenvalue weighted by Gasteiger charge is -2.34. The Bertz CT molecular complexity index is 880. The average molecular weight is 367 g/mol. The molecule has 1 aliphatic rings. The summed E-state index contributed by atoms with van der Waals surface area (Å²) in [7, 11) is 3.21. The molecule has 0 spiro atoms. The van der Waals surface area contributed by atoms with Crippen molar-refractivity contribution < 1.29 is 9.47 Å². The number of nitrogens with one attached hydrogen (secondary N) is 1. The Kier molecular flexibility index (Phi) is 5.22. The molecule has 0 amide bonds. The van der Waals surface area contributed by atoms with Crippen LogP contribution in [0.3, 0.4) is 0 Å². The van der Waals surface area contributed by atoms with Gasteiger partial charge in [0.05, 0.1) is 26.8 Å². The molecular formula is C20H25N5O2. The highest BCUT2D eigenvalue weighted by Gasteiger charge is 2.19. The monoisotopic (exact) mass is 367 g/mol. The molecule has 0 unspecified atom stereocenters. The molecule has 27 heavy (non-hydrogen) atoms. The van der Waals surface area contributed by atoms with Crippen LogP contribution in [-0.2, 0) is 13.1 Å².